The zero-order chi connectivity index (χ0) is 19.3. The number of carbonyl (C=O) groups is 1. The van der Waals surface area contributed by atoms with E-state index in [1.54, 1.807) is 7.11 Å². The SMILES string of the molecule is COc1ccc(CNC(=O)N2CCN(c3cccc4cccnc34)CC2)cc1. The topological polar surface area (TPSA) is 57.7 Å². The first-order chi connectivity index (χ1) is 13.7. The van der Waals surface area contributed by atoms with Crippen LogP contribution >= 0.6 is 0 Å². The maximum atomic E-state index is 12.5. The number of piperazine rings is 1. The number of para-hydroxylation sites is 1. The van der Waals surface area contributed by atoms with Crippen LogP contribution in [0.15, 0.2) is 60.8 Å². The Bertz CT molecular complexity index is 945. The third-order valence-electron chi connectivity index (χ3n) is 5.12. The van der Waals surface area contributed by atoms with E-state index in [0.29, 0.717) is 19.6 Å². The number of methoxy groups -OCH3 is 1. The van der Waals surface area contributed by atoms with E-state index >= 15 is 0 Å². The number of fused-ring (bicyclic) bond motifs is 1. The number of hydrogen-bond acceptors (Lipinski definition) is 4. The summed E-state index contributed by atoms with van der Waals surface area (Å²) in [5.74, 6) is 0.814. The summed E-state index contributed by atoms with van der Waals surface area (Å²) in [5, 5.41) is 4.14. The van der Waals surface area contributed by atoms with Crippen LogP contribution in [-0.2, 0) is 6.54 Å². The number of nitrogens with one attached hydrogen (secondary N) is 1. The molecule has 6 heteroatoms. The molecule has 1 N–H and O–H groups in total. The van der Waals surface area contributed by atoms with Crippen LogP contribution in [0.5, 0.6) is 5.75 Å². The van der Waals surface area contributed by atoms with Gasteiger partial charge in [0.1, 0.15) is 5.75 Å². The molecule has 2 aromatic carbocycles. The second kappa shape index (κ2) is 8.17. The summed E-state index contributed by atoms with van der Waals surface area (Å²) in [6.45, 7) is 3.49. The van der Waals surface area contributed by atoms with Gasteiger partial charge in [-0.3, -0.25) is 4.98 Å². The minimum Gasteiger partial charge on any atom is -0.497 e. The lowest BCUT2D eigenvalue weighted by atomic mass is 10.1. The van der Waals surface area contributed by atoms with Crippen LogP contribution in [0.25, 0.3) is 10.9 Å². The normalized spacial score (nSPS) is 14.2. The summed E-state index contributed by atoms with van der Waals surface area (Å²) in [6.07, 6.45) is 1.83. The number of nitrogens with zero attached hydrogens (tertiary/aromatic N) is 3. The third kappa shape index (κ3) is 3.86. The molecule has 0 spiro atoms. The Balaban J connectivity index is 1.33. The number of aromatic nitrogens is 1. The van der Waals surface area contributed by atoms with Gasteiger partial charge in [-0.2, -0.15) is 0 Å². The van der Waals surface area contributed by atoms with Crippen LogP contribution < -0.4 is 15.0 Å². The molecule has 0 radical (unpaired) electrons. The zero-order valence-corrected chi connectivity index (χ0v) is 16.0. The lowest BCUT2D eigenvalue weighted by Crippen LogP contribution is -2.51. The predicted molar refractivity (Wildman–Crippen MR) is 111 cm³/mol. The fourth-order valence-corrected chi connectivity index (χ4v) is 3.53. The minimum atomic E-state index is -0.0217. The smallest absolute Gasteiger partial charge is 0.317 e. The number of urea groups is 1. The van der Waals surface area contributed by atoms with Crippen LogP contribution in [0.1, 0.15) is 5.56 Å². The standard InChI is InChI=1S/C22H24N4O2/c1-28-19-9-7-17(8-10-19)16-24-22(27)26-14-12-25(13-15-26)20-6-2-4-18-5-3-11-23-21(18)20/h2-11H,12-16H2,1H3,(H,24,27). The number of rotatable bonds is 4. The van der Waals surface area contributed by atoms with Gasteiger partial charge >= 0.3 is 6.03 Å². The Labute approximate surface area is 164 Å². The average molecular weight is 376 g/mol. The number of pyridine rings is 1. The molecule has 1 fully saturated rings. The number of hydrogen-bond donors (Lipinski definition) is 1. The van der Waals surface area contributed by atoms with E-state index in [2.05, 4.69) is 39.5 Å². The fraction of sp³-hybridized carbons (Fsp3) is 0.273. The van der Waals surface area contributed by atoms with E-state index in [-0.39, 0.29) is 6.03 Å². The first kappa shape index (κ1) is 18.1. The van der Waals surface area contributed by atoms with Crippen molar-refractivity contribution in [3.63, 3.8) is 0 Å². The highest BCUT2D eigenvalue weighted by atomic mass is 16.5. The molecule has 1 aliphatic rings. The van der Waals surface area contributed by atoms with Crippen LogP contribution in [0.2, 0.25) is 0 Å². The van der Waals surface area contributed by atoms with Crippen LogP contribution in [0.3, 0.4) is 0 Å². The van der Waals surface area contributed by atoms with Gasteiger partial charge in [-0.25, -0.2) is 4.79 Å². The molecule has 2 amide bonds. The molecule has 3 aromatic rings. The van der Waals surface area contributed by atoms with Crippen molar-refractivity contribution in [2.45, 2.75) is 6.54 Å². The van der Waals surface area contributed by atoms with Gasteiger partial charge in [-0.1, -0.05) is 30.3 Å². The van der Waals surface area contributed by atoms with Crippen molar-refractivity contribution in [3.05, 3.63) is 66.4 Å². The van der Waals surface area contributed by atoms with Crippen molar-refractivity contribution in [1.82, 2.24) is 15.2 Å². The molecular weight excluding hydrogens is 352 g/mol. The Kier molecular flexibility index (Phi) is 5.28. The Morgan fingerprint density at radius 1 is 1.04 bits per heavy atom. The van der Waals surface area contributed by atoms with Crippen molar-refractivity contribution >= 4 is 22.6 Å². The molecule has 144 valence electrons. The molecular formula is C22H24N4O2. The summed E-state index contributed by atoms with van der Waals surface area (Å²) in [4.78, 5) is 21.2. The summed E-state index contributed by atoms with van der Waals surface area (Å²) in [7, 11) is 1.64. The average Bonchev–Trinajstić information content (AvgIpc) is 2.77. The van der Waals surface area contributed by atoms with Crippen molar-refractivity contribution in [3.8, 4) is 5.75 Å². The van der Waals surface area contributed by atoms with Gasteiger partial charge in [-0.15, -0.1) is 0 Å². The van der Waals surface area contributed by atoms with E-state index in [4.69, 9.17) is 4.74 Å². The highest BCUT2D eigenvalue weighted by molar-refractivity contribution is 5.90. The monoisotopic (exact) mass is 376 g/mol. The largest absolute Gasteiger partial charge is 0.497 e. The van der Waals surface area contributed by atoms with Crippen LogP contribution in [-0.4, -0.2) is 49.2 Å². The number of benzene rings is 2. The second-order valence-corrected chi connectivity index (χ2v) is 6.83. The van der Waals surface area contributed by atoms with E-state index in [1.165, 1.54) is 0 Å². The summed E-state index contributed by atoms with van der Waals surface area (Å²) in [6, 6.07) is 18.0. The lowest BCUT2D eigenvalue weighted by Gasteiger charge is -2.36. The van der Waals surface area contributed by atoms with Crippen LogP contribution in [0, 0.1) is 0 Å². The molecule has 2 heterocycles. The Hall–Kier alpha value is -3.28. The number of amides is 2. The maximum absolute atomic E-state index is 12.5. The van der Waals surface area contributed by atoms with Crippen molar-refractivity contribution in [2.24, 2.45) is 0 Å². The molecule has 4 rings (SSSR count). The zero-order valence-electron chi connectivity index (χ0n) is 16.0. The number of ether oxygens (including phenoxy) is 1. The summed E-state index contributed by atoms with van der Waals surface area (Å²) >= 11 is 0. The number of carbonyl (C=O) groups excluding carboxylic acids is 1. The Morgan fingerprint density at radius 3 is 2.54 bits per heavy atom. The molecule has 1 saturated heterocycles. The molecule has 6 nitrogen and oxygen atoms in total. The first-order valence-corrected chi connectivity index (χ1v) is 9.49. The predicted octanol–water partition coefficient (Wildman–Crippen LogP) is 3.28. The second-order valence-electron chi connectivity index (χ2n) is 6.83. The van der Waals surface area contributed by atoms with E-state index in [9.17, 15) is 4.79 Å². The molecule has 0 unspecified atom stereocenters. The molecule has 0 aliphatic carbocycles. The van der Waals surface area contributed by atoms with Gasteiger partial charge in [0, 0.05) is 44.3 Å². The highest BCUT2D eigenvalue weighted by Crippen LogP contribution is 2.25. The summed E-state index contributed by atoms with van der Waals surface area (Å²) in [5.41, 5.74) is 3.20. The van der Waals surface area contributed by atoms with Crippen molar-refractivity contribution < 1.29 is 9.53 Å². The molecule has 0 atom stereocenters. The number of anilines is 1. The van der Waals surface area contributed by atoms with E-state index < -0.39 is 0 Å². The molecule has 1 aromatic heterocycles. The van der Waals surface area contributed by atoms with E-state index in [1.807, 2.05) is 41.4 Å². The van der Waals surface area contributed by atoms with E-state index in [0.717, 1.165) is 41.0 Å². The highest BCUT2D eigenvalue weighted by Gasteiger charge is 2.22. The van der Waals surface area contributed by atoms with Gasteiger partial charge in [0.25, 0.3) is 0 Å². The minimum absolute atomic E-state index is 0.0217. The van der Waals surface area contributed by atoms with Crippen LogP contribution in [0.4, 0.5) is 10.5 Å². The molecule has 0 bridgehead atoms. The summed E-state index contributed by atoms with van der Waals surface area (Å²) < 4.78 is 5.16. The first-order valence-electron chi connectivity index (χ1n) is 9.49. The molecule has 28 heavy (non-hydrogen) atoms. The van der Waals surface area contributed by atoms with Gasteiger partial charge in [-0.05, 0) is 29.8 Å². The van der Waals surface area contributed by atoms with Gasteiger partial charge in [0.2, 0.25) is 0 Å². The lowest BCUT2D eigenvalue weighted by molar-refractivity contribution is 0.194. The van der Waals surface area contributed by atoms with Gasteiger partial charge in [0.15, 0.2) is 0 Å². The van der Waals surface area contributed by atoms with Gasteiger partial charge in [0.05, 0.1) is 18.3 Å². The quantitative estimate of drug-likeness (QED) is 0.759. The van der Waals surface area contributed by atoms with Gasteiger partial charge < -0.3 is 19.9 Å². The van der Waals surface area contributed by atoms with Crippen molar-refractivity contribution in [1.29, 1.82) is 0 Å². The van der Waals surface area contributed by atoms with Crippen molar-refractivity contribution in [2.75, 3.05) is 38.2 Å². The molecule has 0 saturated carbocycles. The fourth-order valence-electron chi connectivity index (χ4n) is 3.53. The third-order valence-corrected chi connectivity index (χ3v) is 5.12. The Morgan fingerprint density at radius 2 is 1.79 bits per heavy atom. The maximum Gasteiger partial charge on any atom is 0.317 e. The molecule has 1 aliphatic heterocycles.